The highest BCUT2D eigenvalue weighted by molar-refractivity contribution is 6.00. The molecule has 9 rings (SSSR count). The molecule has 9 nitrogen and oxygen atoms in total. The maximum absolute atomic E-state index is 11.2. The fourth-order valence-electron chi connectivity index (χ4n) is 7.12. The molecule has 5 heterocycles. The Morgan fingerprint density at radius 1 is 0.377 bits per heavy atom. The first-order valence-electron chi connectivity index (χ1n) is 16.9. The van der Waals surface area contributed by atoms with Crippen LogP contribution in [0, 0.1) is 0 Å². The van der Waals surface area contributed by atoms with Crippen LogP contribution < -0.4 is 0 Å². The summed E-state index contributed by atoms with van der Waals surface area (Å²) in [7, 11) is 0. The third-order valence-electron chi connectivity index (χ3n) is 9.44. The second-order valence-electron chi connectivity index (χ2n) is 12.8. The molecule has 0 atom stereocenters. The average molecular weight is 695 g/mol. The minimum absolute atomic E-state index is 0.0934. The highest BCUT2D eigenvalue weighted by Crippen LogP contribution is 2.43. The zero-order valence-electron chi connectivity index (χ0n) is 27.9. The van der Waals surface area contributed by atoms with Crippen molar-refractivity contribution in [3.05, 3.63) is 138 Å². The van der Waals surface area contributed by atoms with E-state index in [0.717, 1.165) is 16.6 Å². The molecule has 0 aliphatic carbocycles. The summed E-state index contributed by atoms with van der Waals surface area (Å²) in [6.45, 7) is 0. The molecule has 53 heavy (non-hydrogen) atoms. The van der Waals surface area contributed by atoms with Crippen molar-refractivity contribution in [2.75, 3.05) is 0 Å². The lowest BCUT2D eigenvalue weighted by atomic mass is 10.0. The Balaban J connectivity index is 1.50. The van der Waals surface area contributed by atoms with Crippen LogP contribution in [0.5, 0.6) is 28.7 Å². The van der Waals surface area contributed by atoms with Gasteiger partial charge in [-0.05, 0) is 108 Å². The number of rotatable bonds is 4. The van der Waals surface area contributed by atoms with Gasteiger partial charge < -0.3 is 35.5 Å². The quantitative estimate of drug-likeness (QED) is 0.0903. The summed E-state index contributed by atoms with van der Waals surface area (Å²) >= 11 is 0. The Morgan fingerprint density at radius 2 is 0.736 bits per heavy atom. The van der Waals surface area contributed by atoms with E-state index in [4.69, 9.17) is 9.97 Å². The van der Waals surface area contributed by atoms with Crippen molar-refractivity contribution in [2.24, 2.45) is 0 Å². The molecule has 0 amide bonds. The number of nitrogens with one attached hydrogen (secondary N) is 2. The molecule has 0 spiro atoms. The number of aromatic nitrogens is 4. The molecule has 7 aromatic rings. The predicted molar refractivity (Wildman–Crippen MR) is 209 cm³/mol. The van der Waals surface area contributed by atoms with Crippen LogP contribution in [-0.2, 0) is 0 Å². The van der Waals surface area contributed by atoms with Crippen LogP contribution in [0.2, 0.25) is 0 Å². The Kier molecular flexibility index (Phi) is 7.34. The fourth-order valence-corrected chi connectivity index (χ4v) is 7.12. The largest absolute Gasteiger partial charge is 0.508 e. The number of aromatic amines is 2. The minimum Gasteiger partial charge on any atom is -0.508 e. The molecule has 0 saturated carbocycles. The second kappa shape index (κ2) is 12.4. The van der Waals surface area contributed by atoms with Crippen LogP contribution in [0.3, 0.4) is 0 Å². The molecule has 4 aromatic carbocycles. The van der Waals surface area contributed by atoms with E-state index in [1.165, 1.54) is 6.07 Å². The van der Waals surface area contributed by atoms with Gasteiger partial charge in [-0.25, -0.2) is 9.97 Å². The lowest BCUT2D eigenvalue weighted by Crippen LogP contribution is -1.90. The van der Waals surface area contributed by atoms with Crippen LogP contribution >= 0.6 is 0 Å². The summed E-state index contributed by atoms with van der Waals surface area (Å²) in [4.78, 5) is 17.4. The average Bonchev–Trinajstić information content (AvgIpc) is 3.98. The smallest absolute Gasteiger partial charge is 0.165 e. The molecule has 256 valence electrons. The van der Waals surface area contributed by atoms with Gasteiger partial charge in [0.15, 0.2) is 11.5 Å². The third kappa shape index (κ3) is 5.53. The van der Waals surface area contributed by atoms with E-state index < -0.39 is 0 Å². The lowest BCUT2D eigenvalue weighted by Gasteiger charge is -2.09. The van der Waals surface area contributed by atoms with Crippen LogP contribution in [0.4, 0.5) is 0 Å². The first-order valence-corrected chi connectivity index (χ1v) is 16.9. The summed E-state index contributed by atoms with van der Waals surface area (Å²) in [5, 5.41) is 53.5. The molecule has 0 radical (unpaired) electrons. The Hall–Kier alpha value is -7.52. The first kappa shape index (κ1) is 31.5. The van der Waals surface area contributed by atoms with Gasteiger partial charge in [-0.15, -0.1) is 0 Å². The Bertz CT molecular complexity index is 2820. The lowest BCUT2D eigenvalue weighted by molar-refractivity contribution is 0.405. The van der Waals surface area contributed by atoms with Gasteiger partial charge in [0.25, 0.3) is 0 Å². The van der Waals surface area contributed by atoms with Crippen LogP contribution in [-0.4, -0.2) is 45.5 Å². The molecule has 7 N–H and O–H groups in total. The standard InChI is InChI=1S/C44H30N4O5/c49-27-8-1-5-24(21-27)40-31-13-15-33(45-31)41(25-6-2-9-28(50)22-25)35-17-19-37(47-35)43(30-11-4-12-39(52)44(30)53)38-20-18-36(48-38)42(34-16-14-32(40)46-34)26-7-3-10-29(51)23-26/h1-23,45,48-53H. The van der Waals surface area contributed by atoms with Crippen molar-refractivity contribution in [3.8, 4) is 73.3 Å². The highest BCUT2D eigenvalue weighted by atomic mass is 16.3. The Labute approximate surface area is 302 Å². The van der Waals surface area contributed by atoms with E-state index >= 15 is 0 Å². The molecule has 0 saturated heterocycles. The molecule has 2 aliphatic heterocycles. The van der Waals surface area contributed by atoms with Crippen LogP contribution in [0.25, 0.3) is 90.9 Å². The number of nitrogens with zero attached hydrogens (tertiary/aromatic N) is 2. The highest BCUT2D eigenvalue weighted by Gasteiger charge is 2.21. The van der Waals surface area contributed by atoms with Gasteiger partial charge in [-0.2, -0.15) is 0 Å². The first-order chi connectivity index (χ1) is 25.8. The second-order valence-corrected chi connectivity index (χ2v) is 12.8. The van der Waals surface area contributed by atoms with Gasteiger partial charge in [0.1, 0.15) is 17.2 Å². The summed E-state index contributed by atoms with van der Waals surface area (Å²) in [6.07, 6.45) is 7.58. The molecular formula is C44H30N4O5. The Morgan fingerprint density at radius 3 is 1.13 bits per heavy atom. The summed E-state index contributed by atoms with van der Waals surface area (Å²) in [5.41, 5.74) is 10.3. The predicted octanol–water partition coefficient (Wildman–Crippen LogP) is 9.85. The summed E-state index contributed by atoms with van der Waals surface area (Å²) < 4.78 is 0. The van der Waals surface area contributed by atoms with Crippen LogP contribution in [0.15, 0.2) is 115 Å². The van der Waals surface area contributed by atoms with Crippen molar-refractivity contribution >= 4 is 46.4 Å². The van der Waals surface area contributed by atoms with Gasteiger partial charge in [0.05, 0.1) is 22.8 Å². The third-order valence-corrected chi connectivity index (χ3v) is 9.44. The van der Waals surface area contributed by atoms with E-state index in [0.29, 0.717) is 72.7 Å². The van der Waals surface area contributed by atoms with E-state index in [9.17, 15) is 25.5 Å². The topological polar surface area (TPSA) is 159 Å². The number of para-hydroxylation sites is 1. The van der Waals surface area contributed by atoms with Crippen molar-refractivity contribution in [1.82, 2.24) is 19.9 Å². The number of benzene rings is 4. The van der Waals surface area contributed by atoms with Gasteiger partial charge in [-0.3, -0.25) is 0 Å². The zero-order valence-corrected chi connectivity index (χ0v) is 27.9. The summed E-state index contributed by atoms with van der Waals surface area (Å²) in [5.74, 6) is -0.270. The number of phenols is 5. The molecule has 0 fully saturated rings. The normalized spacial score (nSPS) is 12.0. The SMILES string of the molecule is Oc1cccc(-c2c3nc(c(-c4cccc(O)c4)c4ccc([nH]4)c(-c4cccc(O)c4O)c4nc(c(-c5cccc(O)c5)c5ccc2[nH]5)C=C4)C=C3)c1. The number of H-pyrrole nitrogens is 2. The van der Waals surface area contributed by atoms with Gasteiger partial charge in [0.2, 0.25) is 0 Å². The molecule has 3 aromatic heterocycles. The minimum atomic E-state index is -0.293. The van der Waals surface area contributed by atoms with E-state index in [1.807, 2.05) is 66.8 Å². The molecular weight excluding hydrogens is 665 g/mol. The van der Waals surface area contributed by atoms with Crippen molar-refractivity contribution < 1.29 is 25.5 Å². The van der Waals surface area contributed by atoms with Crippen LogP contribution in [0.1, 0.15) is 22.8 Å². The maximum atomic E-state index is 11.2. The van der Waals surface area contributed by atoms with Crippen molar-refractivity contribution in [2.45, 2.75) is 0 Å². The van der Waals surface area contributed by atoms with E-state index in [-0.39, 0.29) is 28.7 Å². The van der Waals surface area contributed by atoms with E-state index in [2.05, 4.69) is 9.97 Å². The number of phenolic OH excluding ortho intramolecular Hbond substituents is 5. The van der Waals surface area contributed by atoms with Gasteiger partial charge >= 0.3 is 0 Å². The molecule has 9 heteroatoms. The molecule has 8 bridgehead atoms. The molecule has 0 unspecified atom stereocenters. The van der Waals surface area contributed by atoms with Gasteiger partial charge in [-0.1, -0.05) is 48.5 Å². The number of fused-ring (bicyclic) bond motifs is 8. The number of hydrogen-bond acceptors (Lipinski definition) is 7. The maximum Gasteiger partial charge on any atom is 0.165 e. The van der Waals surface area contributed by atoms with Gasteiger partial charge in [0, 0.05) is 49.9 Å². The summed E-state index contributed by atoms with van der Waals surface area (Å²) in [6, 6.07) is 33.4. The number of hydrogen-bond donors (Lipinski definition) is 7. The van der Waals surface area contributed by atoms with Crippen molar-refractivity contribution in [1.29, 1.82) is 0 Å². The monoisotopic (exact) mass is 694 g/mol. The van der Waals surface area contributed by atoms with Crippen molar-refractivity contribution in [3.63, 3.8) is 0 Å². The zero-order chi connectivity index (χ0) is 36.2. The number of aromatic hydroxyl groups is 5. The fraction of sp³-hybridized carbons (Fsp3) is 0. The van der Waals surface area contributed by atoms with E-state index in [1.54, 1.807) is 66.7 Å². The molecule has 2 aliphatic rings.